The van der Waals surface area contributed by atoms with Crippen molar-refractivity contribution in [3.63, 3.8) is 0 Å². The van der Waals surface area contributed by atoms with E-state index in [0.29, 0.717) is 20.7 Å². The van der Waals surface area contributed by atoms with Crippen LogP contribution in [0.4, 0.5) is 6.01 Å². The van der Waals surface area contributed by atoms with E-state index in [1.54, 1.807) is 18.2 Å². The second-order valence-corrected chi connectivity index (χ2v) is 6.58. The van der Waals surface area contributed by atoms with E-state index in [2.05, 4.69) is 15.5 Å². The van der Waals surface area contributed by atoms with E-state index in [1.165, 1.54) is 0 Å². The van der Waals surface area contributed by atoms with Crippen molar-refractivity contribution < 1.29 is 18.7 Å². The van der Waals surface area contributed by atoms with E-state index < -0.39 is 6.10 Å². The molecule has 0 radical (unpaired) electrons. The van der Waals surface area contributed by atoms with E-state index in [4.69, 9.17) is 25.5 Å². The summed E-state index contributed by atoms with van der Waals surface area (Å²) in [5.41, 5.74) is 0. The molecule has 1 atom stereocenters. The lowest BCUT2D eigenvalue weighted by Gasteiger charge is -2.23. The second kappa shape index (κ2) is 6.14. The van der Waals surface area contributed by atoms with E-state index in [1.807, 2.05) is 18.2 Å². The minimum absolute atomic E-state index is 0.0121. The largest absolute Gasteiger partial charge is 0.485 e. The number of amides is 1. The molecule has 1 aromatic carbocycles. The summed E-state index contributed by atoms with van der Waals surface area (Å²) in [4.78, 5) is 12.5. The van der Waals surface area contributed by atoms with E-state index in [9.17, 15) is 4.79 Å². The average molecular weight is 364 g/mol. The first-order valence-electron chi connectivity index (χ1n) is 6.97. The molecule has 0 spiro atoms. The molecule has 0 bridgehead atoms. The summed E-state index contributed by atoms with van der Waals surface area (Å²) in [5, 5.41) is 10.2. The van der Waals surface area contributed by atoms with Crippen molar-refractivity contribution in [2.45, 2.75) is 6.10 Å². The summed E-state index contributed by atoms with van der Waals surface area (Å²) in [6.45, 7) is 0.243. The number of anilines is 1. The van der Waals surface area contributed by atoms with E-state index in [-0.39, 0.29) is 24.4 Å². The second-order valence-electron chi connectivity index (χ2n) is 4.87. The number of rotatable bonds is 3. The number of para-hydroxylation sites is 2. The standard InChI is InChI=1S/C15H10ClN3O4S/c16-12-6-5-11(24-12)13(20)17-15-19-18-14(23-15)10-7-21-8-3-1-2-4-9(8)22-10/h1-6,10H,7H2,(H,17,19,20). The zero-order valence-corrected chi connectivity index (χ0v) is 13.6. The number of halogens is 1. The van der Waals surface area contributed by atoms with Crippen molar-refractivity contribution in [3.05, 3.63) is 51.5 Å². The number of ether oxygens (including phenoxy) is 2. The highest BCUT2D eigenvalue weighted by Crippen LogP contribution is 2.35. The van der Waals surface area contributed by atoms with Crippen molar-refractivity contribution in [2.24, 2.45) is 0 Å². The predicted molar refractivity (Wildman–Crippen MR) is 86.9 cm³/mol. The number of hydrogen-bond acceptors (Lipinski definition) is 7. The molecule has 24 heavy (non-hydrogen) atoms. The zero-order chi connectivity index (χ0) is 16.5. The minimum atomic E-state index is -0.533. The van der Waals surface area contributed by atoms with Crippen molar-refractivity contribution in [3.8, 4) is 11.5 Å². The number of aromatic nitrogens is 2. The Morgan fingerprint density at radius 3 is 2.83 bits per heavy atom. The van der Waals surface area contributed by atoms with Crippen LogP contribution in [0.15, 0.2) is 40.8 Å². The van der Waals surface area contributed by atoms with Gasteiger partial charge in [-0.25, -0.2) is 0 Å². The topological polar surface area (TPSA) is 86.5 Å². The van der Waals surface area contributed by atoms with Gasteiger partial charge in [0.15, 0.2) is 11.5 Å². The molecule has 0 aliphatic carbocycles. The first-order valence-corrected chi connectivity index (χ1v) is 8.17. The molecule has 7 nitrogen and oxygen atoms in total. The van der Waals surface area contributed by atoms with Gasteiger partial charge in [-0.3, -0.25) is 10.1 Å². The van der Waals surface area contributed by atoms with Gasteiger partial charge in [0, 0.05) is 0 Å². The number of thiophene rings is 1. The molecule has 1 aliphatic rings. The van der Waals surface area contributed by atoms with Gasteiger partial charge in [0.1, 0.15) is 6.61 Å². The summed E-state index contributed by atoms with van der Waals surface area (Å²) in [5.74, 6) is 1.12. The maximum absolute atomic E-state index is 12.0. The van der Waals surface area contributed by atoms with Crippen LogP contribution >= 0.6 is 22.9 Å². The zero-order valence-electron chi connectivity index (χ0n) is 12.1. The van der Waals surface area contributed by atoms with Crippen LogP contribution in [0.3, 0.4) is 0 Å². The van der Waals surface area contributed by atoms with Gasteiger partial charge in [-0.05, 0) is 24.3 Å². The first-order chi connectivity index (χ1) is 11.7. The fourth-order valence-corrected chi connectivity index (χ4v) is 3.09. The number of nitrogens with one attached hydrogen (secondary N) is 1. The van der Waals surface area contributed by atoms with Crippen LogP contribution in [-0.4, -0.2) is 22.7 Å². The van der Waals surface area contributed by atoms with Gasteiger partial charge in [-0.2, -0.15) is 0 Å². The third kappa shape index (κ3) is 2.93. The van der Waals surface area contributed by atoms with E-state index in [0.717, 1.165) is 11.3 Å². The fourth-order valence-electron chi connectivity index (χ4n) is 2.15. The molecule has 0 fully saturated rings. The molecule has 3 aromatic rings. The SMILES string of the molecule is O=C(Nc1nnc(C2COc3ccccc3O2)o1)c1ccc(Cl)s1. The van der Waals surface area contributed by atoms with E-state index >= 15 is 0 Å². The van der Waals surface area contributed by atoms with Crippen LogP contribution in [0.2, 0.25) is 4.34 Å². The quantitative estimate of drug-likeness (QED) is 0.765. The highest BCUT2D eigenvalue weighted by atomic mass is 35.5. The Morgan fingerprint density at radius 2 is 2.04 bits per heavy atom. The Hall–Kier alpha value is -2.58. The van der Waals surface area contributed by atoms with Crippen LogP contribution in [-0.2, 0) is 0 Å². The Balaban J connectivity index is 1.46. The summed E-state index contributed by atoms with van der Waals surface area (Å²) < 4.78 is 17.4. The highest BCUT2D eigenvalue weighted by Gasteiger charge is 2.27. The molecule has 3 heterocycles. The molecule has 1 amide bonds. The summed E-state index contributed by atoms with van der Waals surface area (Å²) in [6, 6.07) is 10.6. The van der Waals surface area contributed by atoms with Crippen molar-refractivity contribution in [1.29, 1.82) is 0 Å². The first kappa shape index (κ1) is 15.0. The molecule has 0 saturated heterocycles. The highest BCUT2D eigenvalue weighted by molar-refractivity contribution is 7.18. The smallest absolute Gasteiger partial charge is 0.322 e. The normalized spacial score (nSPS) is 16.0. The Bertz CT molecular complexity index is 894. The summed E-state index contributed by atoms with van der Waals surface area (Å²) >= 11 is 6.97. The van der Waals surface area contributed by atoms with Crippen LogP contribution in [0, 0.1) is 0 Å². The van der Waals surface area contributed by atoms with Gasteiger partial charge in [0.05, 0.1) is 9.21 Å². The summed E-state index contributed by atoms with van der Waals surface area (Å²) in [7, 11) is 0. The van der Waals surface area contributed by atoms with Crippen molar-refractivity contribution in [1.82, 2.24) is 10.2 Å². The van der Waals surface area contributed by atoms with Gasteiger partial charge in [-0.15, -0.1) is 16.4 Å². The lowest BCUT2D eigenvalue weighted by molar-refractivity contribution is 0.0716. The Kier molecular flexibility index (Phi) is 3.83. The van der Waals surface area contributed by atoms with Crippen LogP contribution in [0.5, 0.6) is 11.5 Å². The van der Waals surface area contributed by atoms with Gasteiger partial charge in [-0.1, -0.05) is 28.8 Å². The van der Waals surface area contributed by atoms with Gasteiger partial charge in [0.25, 0.3) is 11.8 Å². The minimum Gasteiger partial charge on any atom is -0.485 e. The maximum atomic E-state index is 12.0. The van der Waals surface area contributed by atoms with Crippen LogP contribution in [0.1, 0.15) is 21.7 Å². The third-order valence-corrected chi connectivity index (χ3v) is 4.47. The average Bonchev–Trinajstić information content (AvgIpc) is 3.23. The lowest BCUT2D eigenvalue weighted by Crippen LogP contribution is -2.21. The molecule has 1 unspecified atom stereocenters. The fraction of sp³-hybridized carbons (Fsp3) is 0.133. The van der Waals surface area contributed by atoms with Gasteiger partial charge < -0.3 is 13.9 Å². The molecule has 1 N–H and O–H groups in total. The third-order valence-electron chi connectivity index (χ3n) is 3.24. The molecule has 9 heteroatoms. The lowest BCUT2D eigenvalue weighted by atomic mass is 10.2. The molecule has 4 rings (SSSR count). The molecule has 122 valence electrons. The predicted octanol–water partition coefficient (Wildman–Crippen LogP) is 3.55. The number of carbonyl (C=O) groups excluding carboxylic acids is 1. The van der Waals surface area contributed by atoms with Gasteiger partial charge >= 0.3 is 6.01 Å². The van der Waals surface area contributed by atoms with Gasteiger partial charge in [0.2, 0.25) is 6.10 Å². The Morgan fingerprint density at radius 1 is 1.21 bits per heavy atom. The van der Waals surface area contributed by atoms with Crippen molar-refractivity contribution in [2.75, 3.05) is 11.9 Å². The number of hydrogen-bond donors (Lipinski definition) is 1. The Labute approximate surface area is 145 Å². The molecule has 1 aliphatic heterocycles. The number of nitrogens with zero attached hydrogens (tertiary/aromatic N) is 2. The number of carbonyl (C=O) groups is 1. The summed E-state index contributed by atoms with van der Waals surface area (Å²) in [6.07, 6.45) is -0.533. The molecular formula is C15H10ClN3O4S. The molecule has 0 saturated carbocycles. The number of benzene rings is 1. The van der Waals surface area contributed by atoms with Crippen molar-refractivity contribution >= 4 is 34.9 Å². The monoisotopic (exact) mass is 363 g/mol. The molecule has 2 aromatic heterocycles. The van der Waals surface area contributed by atoms with Crippen LogP contribution < -0.4 is 14.8 Å². The molecular weight excluding hydrogens is 354 g/mol. The maximum Gasteiger partial charge on any atom is 0.322 e. The number of fused-ring (bicyclic) bond motifs is 1. The van der Waals surface area contributed by atoms with Crippen LogP contribution in [0.25, 0.3) is 0 Å².